The Morgan fingerprint density at radius 2 is 1.93 bits per heavy atom. The summed E-state index contributed by atoms with van der Waals surface area (Å²) in [6.07, 6.45) is -2.88. The fraction of sp³-hybridized carbons (Fsp3) is 0.278. The van der Waals surface area contributed by atoms with Gasteiger partial charge in [-0.2, -0.15) is 18.3 Å². The van der Waals surface area contributed by atoms with E-state index < -0.39 is 11.7 Å². The molecule has 9 heteroatoms. The SMILES string of the molecule is Cc1cc(-c2cnn3c2C(=O)N(c2ccc(C(F)(F)F)cc2)C[C@@H]3C)on1. The van der Waals surface area contributed by atoms with Gasteiger partial charge in [-0.15, -0.1) is 0 Å². The highest BCUT2D eigenvalue weighted by molar-refractivity contribution is 6.09. The highest BCUT2D eigenvalue weighted by atomic mass is 19.4. The second kappa shape index (κ2) is 5.97. The number of carbonyl (C=O) groups excluding carboxylic acids is 1. The Bertz CT molecular complexity index is 1000. The number of aromatic nitrogens is 3. The third-order valence-electron chi connectivity index (χ3n) is 4.51. The molecule has 6 nitrogen and oxygen atoms in total. The Balaban J connectivity index is 1.73. The van der Waals surface area contributed by atoms with Gasteiger partial charge in [-0.25, -0.2) is 0 Å². The summed E-state index contributed by atoms with van der Waals surface area (Å²) in [5, 5.41) is 8.11. The zero-order valence-corrected chi connectivity index (χ0v) is 14.5. The van der Waals surface area contributed by atoms with Gasteiger partial charge in [0, 0.05) is 18.3 Å². The fourth-order valence-electron chi connectivity index (χ4n) is 3.19. The van der Waals surface area contributed by atoms with Crippen LogP contribution in [0.1, 0.15) is 34.7 Å². The number of benzene rings is 1. The molecule has 0 N–H and O–H groups in total. The summed E-state index contributed by atoms with van der Waals surface area (Å²) in [5.41, 5.74) is 1.13. The first-order valence-corrected chi connectivity index (χ1v) is 8.26. The largest absolute Gasteiger partial charge is 0.416 e. The molecule has 3 heterocycles. The quantitative estimate of drug-likeness (QED) is 0.676. The van der Waals surface area contributed by atoms with E-state index in [9.17, 15) is 18.0 Å². The molecule has 140 valence electrons. The molecule has 1 aliphatic heterocycles. The molecule has 0 fully saturated rings. The van der Waals surface area contributed by atoms with Crippen LogP contribution in [0.3, 0.4) is 0 Å². The number of amides is 1. The van der Waals surface area contributed by atoms with Crippen LogP contribution in [0.15, 0.2) is 41.1 Å². The fourth-order valence-corrected chi connectivity index (χ4v) is 3.19. The average Bonchev–Trinajstić information content (AvgIpc) is 3.24. The highest BCUT2D eigenvalue weighted by Crippen LogP contribution is 2.34. The average molecular weight is 376 g/mol. The summed E-state index contributed by atoms with van der Waals surface area (Å²) < 4.78 is 45.2. The lowest BCUT2D eigenvalue weighted by Gasteiger charge is -2.32. The first-order chi connectivity index (χ1) is 12.8. The molecule has 0 bridgehead atoms. The second-order valence-electron chi connectivity index (χ2n) is 6.49. The molecule has 1 amide bonds. The number of fused-ring (bicyclic) bond motifs is 1. The molecule has 1 aliphatic rings. The Kier molecular flexibility index (Phi) is 3.83. The van der Waals surface area contributed by atoms with Crippen molar-refractivity contribution >= 4 is 11.6 Å². The van der Waals surface area contributed by atoms with Crippen LogP contribution in [-0.2, 0) is 6.18 Å². The number of alkyl halides is 3. The van der Waals surface area contributed by atoms with Crippen molar-refractivity contribution in [1.82, 2.24) is 14.9 Å². The van der Waals surface area contributed by atoms with Crippen molar-refractivity contribution in [3.8, 4) is 11.3 Å². The molecule has 0 unspecified atom stereocenters. The number of halogens is 3. The molecule has 0 saturated heterocycles. The lowest BCUT2D eigenvalue weighted by Crippen LogP contribution is -2.42. The van der Waals surface area contributed by atoms with Crippen LogP contribution in [0.4, 0.5) is 18.9 Å². The minimum atomic E-state index is -4.42. The lowest BCUT2D eigenvalue weighted by molar-refractivity contribution is -0.137. The topological polar surface area (TPSA) is 64.2 Å². The summed E-state index contributed by atoms with van der Waals surface area (Å²) in [6, 6.07) is 6.10. The molecule has 1 atom stereocenters. The number of rotatable bonds is 2. The van der Waals surface area contributed by atoms with E-state index in [1.165, 1.54) is 17.0 Å². The van der Waals surface area contributed by atoms with E-state index >= 15 is 0 Å². The molecule has 0 spiro atoms. The zero-order valence-electron chi connectivity index (χ0n) is 14.5. The van der Waals surface area contributed by atoms with Crippen molar-refractivity contribution in [2.45, 2.75) is 26.1 Å². The van der Waals surface area contributed by atoms with Crippen molar-refractivity contribution in [2.24, 2.45) is 0 Å². The Morgan fingerprint density at radius 3 is 2.52 bits per heavy atom. The number of aryl methyl sites for hydroxylation is 1. The lowest BCUT2D eigenvalue weighted by atomic mass is 10.1. The smallest absolute Gasteiger partial charge is 0.356 e. The van der Waals surface area contributed by atoms with Crippen LogP contribution in [0.5, 0.6) is 0 Å². The molecule has 1 aromatic carbocycles. The van der Waals surface area contributed by atoms with Crippen molar-refractivity contribution in [2.75, 3.05) is 11.4 Å². The van der Waals surface area contributed by atoms with Gasteiger partial charge in [0.25, 0.3) is 5.91 Å². The first kappa shape index (κ1) is 17.3. The van der Waals surface area contributed by atoms with Crippen LogP contribution >= 0.6 is 0 Å². The van der Waals surface area contributed by atoms with Gasteiger partial charge < -0.3 is 9.42 Å². The van der Waals surface area contributed by atoms with Crippen molar-refractivity contribution in [3.05, 3.63) is 53.5 Å². The molecule has 0 aliphatic carbocycles. The van der Waals surface area contributed by atoms with E-state index in [2.05, 4.69) is 10.3 Å². The Labute approximate surface area is 152 Å². The predicted molar refractivity (Wildman–Crippen MR) is 90.3 cm³/mol. The number of hydrogen-bond donors (Lipinski definition) is 0. The van der Waals surface area contributed by atoms with Crippen molar-refractivity contribution in [3.63, 3.8) is 0 Å². The maximum Gasteiger partial charge on any atom is 0.416 e. The highest BCUT2D eigenvalue weighted by Gasteiger charge is 2.35. The number of carbonyl (C=O) groups is 1. The Hall–Kier alpha value is -3.10. The monoisotopic (exact) mass is 376 g/mol. The van der Waals surface area contributed by atoms with E-state index in [1.807, 2.05) is 6.92 Å². The second-order valence-corrected chi connectivity index (χ2v) is 6.49. The van der Waals surface area contributed by atoms with E-state index in [1.54, 1.807) is 23.9 Å². The van der Waals surface area contributed by atoms with Gasteiger partial charge in [0.1, 0.15) is 5.69 Å². The molecule has 0 radical (unpaired) electrons. The molecule has 2 aromatic heterocycles. The molecule has 4 rings (SSSR count). The summed E-state index contributed by atoms with van der Waals surface area (Å²) in [4.78, 5) is 14.5. The van der Waals surface area contributed by atoms with Gasteiger partial charge >= 0.3 is 6.18 Å². The summed E-state index contributed by atoms with van der Waals surface area (Å²) in [6.45, 7) is 3.95. The maximum atomic E-state index is 13.1. The molecular formula is C18H15F3N4O2. The summed E-state index contributed by atoms with van der Waals surface area (Å²) in [5.74, 6) is 0.0676. The van der Waals surface area contributed by atoms with Gasteiger partial charge in [0.15, 0.2) is 5.76 Å². The summed E-state index contributed by atoms with van der Waals surface area (Å²) >= 11 is 0. The van der Waals surface area contributed by atoms with Crippen molar-refractivity contribution < 1.29 is 22.5 Å². The van der Waals surface area contributed by atoms with Crippen LogP contribution < -0.4 is 4.90 Å². The van der Waals surface area contributed by atoms with E-state index in [4.69, 9.17) is 4.52 Å². The third-order valence-corrected chi connectivity index (χ3v) is 4.51. The van der Waals surface area contributed by atoms with Gasteiger partial charge in [0.05, 0.1) is 29.1 Å². The van der Waals surface area contributed by atoms with Gasteiger partial charge in [-0.1, -0.05) is 5.16 Å². The summed E-state index contributed by atoms with van der Waals surface area (Å²) in [7, 11) is 0. The third kappa shape index (κ3) is 2.88. The predicted octanol–water partition coefficient (Wildman–Crippen LogP) is 4.09. The molecule has 3 aromatic rings. The molecular weight excluding hydrogens is 361 g/mol. The number of hydrogen-bond acceptors (Lipinski definition) is 4. The van der Waals surface area contributed by atoms with Crippen LogP contribution in [-0.4, -0.2) is 27.4 Å². The van der Waals surface area contributed by atoms with E-state index in [-0.39, 0.29) is 11.9 Å². The number of anilines is 1. The minimum absolute atomic E-state index is 0.155. The van der Waals surface area contributed by atoms with Crippen LogP contribution in [0.2, 0.25) is 0 Å². The minimum Gasteiger partial charge on any atom is -0.356 e. The van der Waals surface area contributed by atoms with Crippen LogP contribution in [0.25, 0.3) is 11.3 Å². The van der Waals surface area contributed by atoms with E-state index in [0.717, 1.165) is 12.1 Å². The first-order valence-electron chi connectivity index (χ1n) is 8.26. The normalized spacial score (nSPS) is 17.3. The van der Waals surface area contributed by atoms with Gasteiger partial charge in [0.2, 0.25) is 0 Å². The van der Waals surface area contributed by atoms with Crippen LogP contribution in [0, 0.1) is 6.92 Å². The van der Waals surface area contributed by atoms with E-state index in [0.29, 0.717) is 34.9 Å². The standard InChI is InChI=1S/C18H15F3N4O2/c1-10-7-15(27-23-10)14-8-22-25-11(2)9-24(17(26)16(14)25)13-5-3-12(4-6-13)18(19,20)21/h3-8,11H,9H2,1-2H3/t11-/m0/s1. The Morgan fingerprint density at radius 1 is 1.22 bits per heavy atom. The number of nitrogens with zero attached hydrogens (tertiary/aromatic N) is 4. The zero-order chi connectivity index (χ0) is 19.3. The molecule has 0 saturated carbocycles. The van der Waals surface area contributed by atoms with Gasteiger partial charge in [-0.3, -0.25) is 9.48 Å². The van der Waals surface area contributed by atoms with Gasteiger partial charge in [-0.05, 0) is 38.1 Å². The molecule has 27 heavy (non-hydrogen) atoms. The van der Waals surface area contributed by atoms with Crippen molar-refractivity contribution in [1.29, 1.82) is 0 Å². The maximum absolute atomic E-state index is 13.1.